The summed E-state index contributed by atoms with van der Waals surface area (Å²) < 4.78 is 14.4. The Labute approximate surface area is 135 Å². The van der Waals surface area contributed by atoms with Crippen molar-refractivity contribution in [3.05, 3.63) is 39.1 Å². The summed E-state index contributed by atoms with van der Waals surface area (Å²) in [4.78, 5) is 6.15. The van der Waals surface area contributed by atoms with Crippen LogP contribution in [0.3, 0.4) is 0 Å². The van der Waals surface area contributed by atoms with Gasteiger partial charge in [-0.05, 0) is 43.9 Å². The van der Waals surface area contributed by atoms with Gasteiger partial charge >= 0.3 is 0 Å². The lowest BCUT2D eigenvalue weighted by molar-refractivity contribution is 0.627. The van der Waals surface area contributed by atoms with Crippen LogP contribution >= 0.6 is 27.3 Å². The van der Waals surface area contributed by atoms with E-state index in [1.54, 1.807) is 17.4 Å². The monoisotopic (exact) mass is 366 g/mol. The molecule has 0 bridgehead atoms. The van der Waals surface area contributed by atoms with Gasteiger partial charge in [0.25, 0.3) is 0 Å². The van der Waals surface area contributed by atoms with Crippen molar-refractivity contribution in [3.63, 3.8) is 0 Å². The van der Waals surface area contributed by atoms with Crippen molar-refractivity contribution >= 4 is 27.3 Å². The molecule has 110 valence electrons. The van der Waals surface area contributed by atoms with Crippen molar-refractivity contribution in [3.8, 4) is 10.6 Å². The van der Waals surface area contributed by atoms with Gasteiger partial charge in [0, 0.05) is 33.4 Å². The van der Waals surface area contributed by atoms with E-state index in [-0.39, 0.29) is 5.82 Å². The highest BCUT2D eigenvalue weighted by molar-refractivity contribution is 9.10. The minimum absolute atomic E-state index is 0.222. The molecule has 0 radical (unpaired) electrons. The first-order valence-electron chi connectivity index (χ1n) is 7.38. The third-order valence-electron chi connectivity index (χ3n) is 3.93. The molecule has 2 nitrogen and oxygen atoms in total. The number of rotatable bonds is 5. The van der Waals surface area contributed by atoms with Gasteiger partial charge in [-0.25, -0.2) is 9.37 Å². The van der Waals surface area contributed by atoms with E-state index in [1.165, 1.54) is 42.3 Å². The number of thiazole rings is 1. The predicted octanol–water partition coefficient (Wildman–Crippen LogP) is 4.84. The fourth-order valence-corrected chi connectivity index (χ4v) is 4.04. The molecule has 0 atom stereocenters. The Bertz CT molecular complexity index is 657. The number of benzene rings is 1. The molecule has 5 heteroatoms. The fourth-order valence-electron chi connectivity index (χ4n) is 2.49. The summed E-state index contributed by atoms with van der Waals surface area (Å²) in [6, 6.07) is 5.69. The van der Waals surface area contributed by atoms with Gasteiger partial charge in [-0.15, -0.1) is 11.3 Å². The molecule has 2 fully saturated rings. The Morgan fingerprint density at radius 3 is 2.71 bits per heavy atom. The lowest BCUT2D eigenvalue weighted by Gasteiger charge is -2.01. The van der Waals surface area contributed by atoms with Gasteiger partial charge in [0.1, 0.15) is 10.8 Å². The van der Waals surface area contributed by atoms with Crippen LogP contribution in [0.1, 0.15) is 42.2 Å². The minimum Gasteiger partial charge on any atom is -0.309 e. The molecule has 0 spiro atoms. The summed E-state index contributed by atoms with van der Waals surface area (Å²) in [5.41, 5.74) is 2.11. The molecule has 1 aromatic carbocycles. The third kappa shape index (κ3) is 3.20. The van der Waals surface area contributed by atoms with E-state index in [0.29, 0.717) is 12.0 Å². The maximum atomic E-state index is 13.6. The molecule has 1 N–H and O–H groups in total. The number of halogens is 2. The van der Waals surface area contributed by atoms with Crippen LogP contribution in [0.2, 0.25) is 0 Å². The van der Waals surface area contributed by atoms with E-state index in [2.05, 4.69) is 21.2 Å². The van der Waals surface area contributed by atoms with E-state index < -0.39 is 0 Å². The summed E-state index contributed by atoms with van der Waals surface area (Å²) >= 11 is 5.07. The predicted molar refractivity (Wildman–Crippen MR) is 87.0 cm³/mol. The highest BCUT2D eigenvalue weighted by atomic mass is 79.9. The Kier molecular flexibility index (Phi) is 3.59. The lowest BCUT2D eigenvalue weighted by Crippen LogP contribution is -2.15. The van der Waals surface area contributed by atoms with Gasteiger partial charge in [0.05, 0.1) is 5.69 Å². The maximum absolute atomic E-state index is 13.6. The van der Waals surface area contributed by atoms with Gasteiger partial charge in [-0.1, -0.05) is 15.9 Å². The van der Waals surface area contributed by atoms with Crippen LogP contribution in [0.4, 0.5) is 4.39 Å². The standard InChI is InChI=1S/C16H16BrFN2S/c17-11-5-10(6-12(18)7-11)16-20-15(9-1-2-9)14(21-16)8-19-13-3-4-13/h5-7,9,13,19H,1-4,8H2. The summed E-state index contributed by atoms with van der Waals surface area (Å²) in [5, 5.41) is 4.51. The summed E-state index contributed by atoms with van der Waals surface area (Å²) in [7, 11) is 0. The van der Waals surface area contributed by atoms with Gasteiger partial charge < -0.3 is 5.32 Å². The SMILES string of the molecule is Fc1cc(Br)cc(-c2nc(C3CC3)c(CNC3CC3)s2)c1. The molecule has 4 rings (SSSR count). The first-order valence-corrected chi connectivity index (χ1v) is 8.99. The Hall–Kier alpha value is -0.780. The summed E-state index contributed by atoms with van der Waals surface area (Å²) in [5.74, 6) is 0.406. The van der Waals surface area contributed by atoms with Crippen molar-refractivity contribution in [2.75, 3.05) is 0 Å². The Balaban J connectivity index is 1.66. The second kappa shape index (κ2) is 5.45. The number of nitrogens with one attached hydrogen (secondary N) is 1. The van der Waals surface area contributed by atoms with Crippen molar-refractivity contribution in [1.82, 2.24) is 10.3 Å². The normalized spacial score (nSPS) is 18.2. The highest BCUT2D eigenvalue weighted by Crippen LogP contribution is 2.44. The van der Waals surface area contributed by atoms with Crippen molar-refractivity contribution in [2.24, 2.45) is 0 Å². The fraction of sp³-hybridized carbons (Fsp3) is 0.438. The zero-order valence-corrected chi connectivity index (χ0v) is 13.9. The zero-order valence-electron chi connectivity index (χ0n) is 11.5. The van der Waals surface area contributed by atoms with Crippen LogP contribution in [-0.4, -0.2) is 11.0 Å². The van der Waals surface area contributed by atoms with Crippen LogP contribution in [0.5, 0.6) is 0 Å². The average Bonchev–Trinajstić information content (AvgIpc) is 3.34. The highest BCUT2D eigenvalue weighted by Gasteiger charge is 2.30. The molecular formula is C16H16BrFN2S. The molecule has 2 aliphatic rings. The second-order valence-corrected chi connectivity index (χ2v) is 7.91. The summed E-state index contributed by atoms with van der Waals surface area (Å²) in [6.45, 7) is 0.907. The number of hydrogen-bond acceptors (Lipinski definition) is 3. The largest absolute Gasteiger partial charge is 0.309 e. The van der Waals surface area contributed by atoms with Crippen LogP contribution in [0.15, 0.2) is 22.7 Å². The number of aromatic nitrogens is 1. The van der Waals surface area contributed by atoms with Crippen LogP contribution in [0, 0.1) is 5.82 Å². The van der Waals surface area contributed by atoms with Crippen LogP contribution < -0.4 is 5.32 Å². The van der Waals surface area contributed by atoms with Gasteiger partial charge in [-0.3, -0.25) is 0 Å². The molecule has 1 aromatic heterocycles. The molecule has 0 aliphatic heterocycles. The molecule has 0 saturated heterocycles. The van der Waals surface area contributed by atoms with E-state index in [4.69, 9.17) is 4.98 Å². The first kappa shape index (κ1) is 13.9. The molecule has 2 aromatic rings. The third-order valence-corrected chi connectivity index (χ3v) is 5.51. The van der Waals surface area contributed by atoms with Crippen molar-refractivity contribution < 1.29 is 4.39 Å². The molecule has 2 saturated carbocycles. The lowest BCUT2D eigenvalue weighted by atomic mass is 10.2. The molecule has 0 unspecified atom stereocenters. The summed E-state index contributed by atoms with van der Waals surface area (Å²) in [6.07, 6.45) is 5.07. The van der Waals surface area contributed by atoms with Crippen LogP contribution in [0.25, 0.3) is 10.6 Å². The minimum atomic E-state index is -0.222. The quantitative estimate of drug-likeness (QED) is 0.818. The van der Waals surface area contributed by atoms with Crippen molar-refractivity contribution in [2.45, 2.75) is 44.2 Å². The molecule has 0 amide bonds. The first-order chi connectivity index (χ1) is 10.2. The zero-order chi connectivity index (χ0) is 14.4. The van der Waals surface area contributed by atoms with E-state index in [9.17, 15) is 4.39 Å². The van der Waals surface area contributed by atoms with Crippen LogP contribution in [-0.2, 0) is 6.54 Å². The van der Waals surface area contributed by atoms with E-state index in [1.807, 2.05) is 6.07 Å². The van der Waals surface area contributed by atoms with Crippen molar-refractivity contribution in [1.29, 1.82) is 0 Å². The Morgan fingerprint density at radius 1 is 1.24 bits per heavy atom. The number of nitrogens with zero attached hydrogens (tertiary/aromatic N) is 1. The van der Waals surface area contributed by atoms with Gasteiger partial charge in [-0.2, -0.15) is 0 Å². The second-order valence-electron chi connectivity index (χ2n) is 5.92. The number of hydrogen-bond donors (Lipinski definition) is 1. The molecular weight excluding hydrogens is 351 g/mol. The topological polar surface area (TPSA) is 24.9 Å². The smallest absolute Gasteiger partial charge is 0.125 e. The molecule has 21 heavy (non-hydrogen) atoms. The average molecular weight is 367 g/mol. The van der Waals surface area contributed by atoms with Gasteiger partial charge in [0.2, 0.25) is 0 Å². The maximum Gasteiger partial charge on any atom is 0.125 e. The van der Waals surface area contributed by atoms with E-state index in [0.717, 1.165) is 21.6 Å². The van der Waals surface area contributed by atoms with Gasteiger partial charge in [0.15, 0.2) is 0 Å². The molecule has 2 aliphatic carbocycles. The molecule has 1 heterocycles. The Morgan fingerprint density at radius 2 is 2.05 bits per heavy atom. The van der Waals surface area contributed by atoms with E-state index >= 15 is 0 Å².